The first-order chi connectivity index (χ1) is 13.8. The van der Waals surface area contributed by atoms with Crippen molar-refractivity contribution in [2.24, 2.45) is 0 Å². The van der Waals surface area contributed by atoms with Gasteiger partial charge in [0.25, 0.3) is 0 Å². The zero-order valence-electron chi connectivity index (χ0n) is 17.8. The summed E-state index contributed by atoms with van der Waals surface area (Å²) in [5.41, 5.74) is 6.31. The van der Waals surface area contributed by atoms with E-state index in [9.17, 15) is 0 Å². The second kappa shape index (κ2) is 7.36. The topological polar surface area (TPSA) is 42.2 Å². The highest BCUT2D eigenvalue weighted by Gasteiger charge is 2.22. The zero-order chi connectivity index (χ0) is 20.6. The molecule has 0 saturated carbocycles. The van der Waals surface area contributed by atoms with Crippen LogP contribution in [0.25, 0.3) is 16.8 Å². The third-order valence-corrected chi connectivity index (χ3v) is 5.26. The lowest BCUT2D eigenvalue weighted by molar-refractivity contribution is 0.568. The van der Waals surface area contributed by atoms with Gasteiger partial charge in [0, 0.05) is 23.1 Å². The van der Waals surface area contributed by atoms with E-state index < -0.39 is 0 Å². The van der Waals surface area contributed by atoms with Gasteiger partial charge < -0.3 is 5.32 Å². The van der Waals surface area contributed by atoms with E-state index in [1.54, 1.807) is 0 Å². The Balaban J connectivity index is 1.90. The zero-order valence-corrected chi connectivity index (χ0v) is 17.8. The first-order valence-corrected chi connectivity index (χ1v) is 10.1. The van der Waals surface area contributed by atoms with Crippen LogP contribution in [0.4, 0.5) is 5.82 Å². The fraction of sp³-hybridized carbons (Fsp3) is 0.280. The number of rotatable bonds is 4. The maximum Gasteiger partial charge on any atom is 0.165 e. The highest BCUT2D eigenvalue weighted by molar-refractivity contribution is 5.81. The van der Waals surface area contributed by atoms with Crippen molar-refractivity contribution in [2.75, 3.05) is 5.32 Å². The molecule has 0 bridgehead atoms. The van der Waals surface area contributed by atoms with Gasteiger partial charge in [-0.25, -0.2) is 4.98 Å². The van der Waals surface area contributed by atoms with Crippen molar-refractivity contribution in [2.45, 2.75) is 46.1 Å². The smallest absolute Gasteiger partial charge is 0.165 e. The fourth-order valence-corrected chi connectivity index (χ4v) is 3.60. The average molecular weight is 385 g/mol. The van der Waals surface area contributed by atoms with Crippen molar-refractivity contribution in [1.29, 1.82) is 0 Å². The summed E-state index contributed by atoms with van der Waals surface area (Å²) in [7, 11) is 0. The van der Waals surface area contributed by atoms with Crippen LogP contribution >= 0.6 is 0 Å². The molecule has 148 valence electrons. The number of anilines is 1. The molecule has 4 aromatic rings. The van der Waals surface area contributed by atoms with Gasteiger partial charge in [-0.05, 0) is 25.0 Å². The largest absolute Gasteiger partial charge is 0.363 e. The minimum Gasteiger partial charge on any atom is -0.363 e. The van der Waals surface area contributed by atoms with E-state index in [0.717, 1.165) is 34.0 Å². The Morgan fingerprint density at radius 3 is 2.17 bits per heavy atom. The molecule has 0 radical (unpaired) electrons. The molecule has 1 atom stereocenters. The van der Waals surface area contributed by atoms with Gasteiger partial charge in [-0.15, -0.1) is 0 Å². The van der Waals surface area contributed by atoms with Crippen LogP contribution in [0.5, 0.6) is 0 Å². The van der Waals surface area contributed by atoms with Crippen molar-refractivity contribution in [3.63, 3.8) is 0 Å². The predicted octanol–water partition coefficient (Wildman–Crippen LogP) is 6.18. The molecule has 0 saturated heterocycles. The Labute approximate surface area is 172 Å². The molecule has 4 nitrogen and oxygen atoms in total. The van der Waals surface area contributed by atoms with Crippen LogP contribution in [-0.4, -0.2) is 14.6 Å². The first kappa shape index (κ1) is 19.2. The molecular formula is C25H28N4. The summed E-state index contributed by atoms with van der Waals surface area (Å²) >= 11 is 0. The molecule has 0 aliphatic heterocycles. The standard InChI is InChI=1S/C25H28N4/c1-17(19-12-8-6-9-13-19)26-22-16-21(25(3,4)5)27-24-23(18(2)28-29(22)24)20-14-10-7-11-15-20/h6-17,26H,1-5H3. The van der Waals surface area contributed by atoms with Crippen LogP contribution in [-0.2, 0) is 5.41 Å². The van der Waals surface area contributed by atoms with E-state index in [1.165, 1.54) is 5.56 Å². The van der Waals surface area contributed by atoms with E-state index in [4.69, 9.17) is 10.1 Å². The second-order valence-electron chi connectivity index (χ2n) is 8.62. The summed E-state index contributed by atoms with van der Waals surface area (Å²) in [5, 5.41) is 8.52. The lowest BCUT2D eigenvalue weighted by Crippen LogP contribution is -2.17. The molecule has 4 rings (SSSR count). The van der Waals surface area contributed by atoms with Gasteiger partial charge in [0.05, 0.1) is 11.4 Å². The van der Waals surface area contributed by atoms with Crippen molar-refractivity contribution < 1.29 is 0 Å². The minimum absolute atomic E-state index is 0.0691. The van der Waals surface area contributed by atoms with Gasteiger partial charge in [-0.2, -0.15) is 9.61 Å². The molecule has 1 unspecified atom stereocenters. The number of hydrogen-bond donors (Lipinski definition) is 1. The van der Waals surface area contributed by atoms with E-state index in [2.05, 4.69) is 94.5 Å². The average Bonchev–Trinajstić information content (AvgIpc) is 3.04. The van der Waals surface area contributed by atoms with E-state index in [-0.39, 0.29) is 11.5 Å². The Bertz CT molecular complexity index is 1120. The summed E-state index contributed by atoms with van der Waals surface area (Å²) in [6.45, 7) is 10.8. The minimum atomic E-state index is -0.0691. The summed E-state index contributed by atoms with van der Waals surface area (Å²) in [5.74, 6) is 0.960. The Morgan fingerprint density at radius 2 is 1.55 bits per heavy atom. The van der Waals surface area contributed by atoms with Crippen LogP contribution in [0.15, 0.2) is 66.7 Å². The third-order valence-electron chi connectivity index (χ3n) is 5.26. The molecule has 2 aromatic carbocycles. The van der Waals surface area contributed by atoms with Crippen LogP contribution in [0.1, 0.15) is 50.7 Å². The fourth-order valence-electron chi connectivity index (χ4n) is 3.60. The summed E-state index contributed by atoms with van der Waals surface area (Å²) in [6.07, 6.45) is 0. The number of benzene rings is 2. The van der Waals surface area contributed by atoms with E-state index >= 15 is 0 Å². The van der Waals surface area contributed by atoms with Crippen LogP contribution < -0.4 is 5.32 Å². The maximum atomic E-state index is 5.04. The summed E-state index contributed by atoms with van der Waals surface area (Å²) < 4.78 is 1.95. The Morgan fingerprint density at radius 1 is 0.931 bits per heavy atom. The Hall–Kier alpha value is -3.14. The molecule has 0 amide bonds. The predicted molar refractivity (Wildman–Crippen MR) is 120 cm³/mol. The monoisotopic (exact) mass is 384 g/mol. The highest BCUT2D eigenvalue weighted by atomic mass is 15.3. The number of nitrogens with one attached hydrogen (secondary N) is 1. The maximum absolute atomic E-state index is 5.04. The lowest BCUT2D eigenvalue weighted by Gasteiger charge is -2.22. The van der Waals surface area contributed by atoms with Gasteiger partial charge in [0.1, 0.15) is 5.82 Å². The number of aryl methyl sites for hydroxylation is 1. The molecule has 0 aliphatic rings. The van der Waals surface area contributed by atoms with Crippen molar-refractivity contribution >= 4 is 11.5 Å². The number of fused-ring (bicyclic) bond motifs is 1. The van der Waals surface area contributed by atoms with Gasteiger partial charge in [-0.3, -0.25) is 0 Å². The van der Waals surface area contributed by atoms with Gasteiger partial charge in [-0.1, -0.05) is 81.4 Å². The molecule has 1 N–H and O–H groups in total. The quantitative estimate of drug-likeness (QED) is 0.457. The Kier molecular flexibility index (Phi) is 4.87. The van der Waals surface area contributed by atoms with Gasteiger partial charge in [0.2, 0.25) is 0 Å². The molecule has 4 heteroatoms. The first-order valence-electron chi connectivity index (χ1n) is 10.1. The van der Waals surface area contributed by atoms with E-state index in [0.29, 0.717) is 0 Å². The van der Waals surface area contributed by atoms with Crippen molar-refractivity contribution in [3.8, 4) is 11.1 Å². The van der Waals surface area contributed by atoms with Crippen LogP contribution in [0.3, 0.4) is 0 Å². The molecule has 2 aromatic heterocycles. The number of hydrogen-bond acceptors (Lipinski definition) is 3. The highest BCUT2D eigenvalue weighted by Crippen LogP contribution is 2.32. The van der Waals surface area contributed by atoms with Gasteiger partial charge in [0.15, 0.2) is 5.65 Å². The summed E-state index contributed by atoms with van der Waals surface area (Å²) in [4.78, 5) is 5.04. The number of nitrogens with zero attached hydrogens (tertiary/aromatic N) is 3. The van der Waals surface area contributed by atoms with Crippen molar-refractivity contribution in [1.82, 2.24) is 14.6 Å². The molecule has 2 heterocycles. The lowest BCUT2D eigenvalue weighted by atomic mass is 9.91. The molecule has 0 fully saturated rings. The van der Waals surface area contributed by atoms with Gasteiger partial charge >= 0.3 is 0 Å². The van der Waals surface area contributed by atoms with Crippen molar-refractivity contribution in [3.05, 3.63) is 83.7 Å². The van der Waals surface area contributed by atoms with Crippen LogP contribution in [0.2, 0.25) is 0 Å². The normalized spacial score (nSPS) is 12.9. The molecule has 0 aliphatic carbocycles. The molecule has 29 heavy (non-hydrogen) atoms. The molecular weight excluding hydrogens is 356 g/mol. The van der Waals surface area contributed by atoms with Crippen LogP contribution in [0, 0.1) is 6.92 Å². The number of aromatic nitrogens is 3. The summed E-state index contributed by atoms with van der Waals surface area (Å²) in [6, 6.07) is 23.1. The van der Waals surface area contributed by atoms with E-state index in [1.807, 2.05) is 16.6 Å². The third kappa shape index (κ3) is 3.75. The molecule has 0 spiro atoms. The SMILES string of the molecule is Cc1nn2c(NC(C)c3ccccc3)cc(C(C)(C)C)nc2c1-c1ccccc1. The second-order valence-corrected chi connectivity index (χ2v) is 8.62.